The molecule has 1 atom stereocenters. The molecule has 0 saturated heterocycles. The summed E-state index contributed by atoms with van der Waals surface area (Å²) >= 11 is 0. The van der Waals surface area contributed by atoms with Crippen LogP contribution in [0.25, 0.3) is 5.70 Å². The smallest absolute Gasteiger partial charge is 0.280 e. The van der Waals surface area contributed by atoms with Gasteiger partial charge in [0.25, 0.3) is 6.43 Å². The summed E-state index contributed by atoms with van der Waals surface area (Å²) < 4.78 is 31.7. The fourth-order valence-electron chi connectivity index (χ4n) is 2.64. The van der Waals surface area contributed by atoms with Crippen LogP contribution in [0.3, 0.4) is 0 Å². The van der Waals surface area contributed by atoms with Gasteiger partial charge in [-0.2, -0.15) is 10.2 Å². The Balaban J connectivity index is 1.78. The van der Waals surface area contributed by atoms with Crippen LogP contribution in [-0.4, -0.2) is 31.1 Å². The van der Waals surface area contributed by atoms with Crippen LogP contribution in [0.1, 0.15) is 11.1 Å². The van der Waals surface area contributed by atoms with Gasteiger partial charge >= 0.3 is 0 Å². The number of hydrogen-bond donors (Lipinski definition) is 0. The van der Waals surface area contributed by atoms with Crippen LogP contribution in [0.5, 0.6) is 5.75 Å². The third-order valence-corrected chi connectivity index (χ3v) is 4.02. The minimum Gasteiger partial charge on any atom is -0.497 e. The van der Waals surface area contributed by atoms with Crippen molar-refractivity contribution in [2.75, 3.05) is 13.7 Å². The zero-order valence-electron chi connectivity index (χ0n) is 13.8. The fourth-order valence-corrected chi connectivity index (χ4v) is 2.64. The quantitative estimate of drug-likeness (QED) is 0.769. The first kappa shape index (κ1) is 17.1. The van der Waals surface area contributed by atoms with Crippen molar-refractivity contribution in [1.29, 1.82) is 0 Å². The molecule has 0 saturated carbocycles. The molecular weight excluding hydrogens is 324 g/mol. The molecular formula is C19H19F2N3O. The van der Waals surface area contributed by atoms with Gasteiger partial charge in [0.2, 0.25) is 6.17 Å². The predicted octanol–water partition coefficient (Wildman–Crippen LogP) is 4.60. The first-order chi connectivity index (χ1) is 12.2. The molecule has 6 heteroatoms. The van der Waals surface area contributed by atoms with E-state index in [9.17, 15) is 8.78 Å². The molecule has 1 unspecified atom stereocenters. The van der Waals surface area contributed by atoms with Gasteiger partial charge in [-0.05, 0) is 36.2 Å². The molecule has 0 bridgehead atoms. The van der Waals surface area contributed by atoms with Crippen molar-refractivity contribution in [3.63, 3.8) is 0 Å². The van der Waals surface area contributed by atoms with E-state index < -0.39 is 12.6 Å². The monoisotopic (exact) mass is 343 g/mol. The van der Waals surface area contributed by atoms with E-state index in [0.717, 1.165) is 16.9 Å². The van der Waals surface area contributed by atoms with Crippen LogP contribution in [0.4, 0.5) is 8.78 Å². The first-order valence-corrected chi connectivity index (χ1v) is 8.02. The minimum absolute atomic E-state index is 0.442. The number of nitrogens with zero attached hydrogens (tertiary/aromatic N) is 3. The Hall–Kier alpha value is -2.76. The highest BCUT2D eigenvalue weighted by molar-refractivity contribution is 5.64. The van der Waals surface area contributed by atoms with E-state index in [1.807, 2.05) is 42.5 Å². The van der Waals surface area contributed by atoms with Gasteiger partial charge in [0, 0.05) is 18.3 Å². The molecule has 0 spiro atoms. The van der Waals surface area contributed by atoms with E-state index in [-0.39, 0.29) is 0 Å². The SMILES string of the molecule is COc1ccc(C2=CN(CCc3ccccc3)C(C(F)F)N=N2)cc1. The minimum atomic E-state index is -2.59. The Kier molecular flexibility index (Phi) is 5.38. The third-order valence-electron chi connectivity index (χ3n) is 4.02. The molecule has 1 aliphatic rings. The molecule has 1 heterocycles. The normalized spacial score (nSPS) is 16.9. The van der Waals surface area contributed by atoms with Crippen LogP contribution >= 0.6 is 0 Å². The van der Waals surface area contributed by atoms with Gasteiger partial charge in [-0.3, -0.25) is 0 Å². The molecule has 3 rings (SSSR count). The predicted molar refractivity (Wildman–Crippen MR) is 92.5 cm³/mol. The highest BCUT2D eigenvalue weighted by atomic mass is 19.3. The Morgan fingerprint density at radius 2 is 1.80 bits per heavy atom. The molecule has 1 aliphatic heterocycles. The summed E-state index contributed by atoms with van der Waals surface area (Å²) in [6, 6.07) is 17.1. The summed E-state index contributed by atoms with van der Waals surface area (Å²) in [6.07, 6.45) is -1.51. The number of methoxy groups -OCH3 is 1. The summed E-state index contributed by atoms with van der Waals surface area (Å²) in [5, 5.41) is 7.81. The molecule has 130 valence electrons. The zero-order chi connectivity index (χ0) is 17.6. The van der Waals surface area contributed by atoms with Crippen LogP contribution in [0, 0.1) is 0 Å². The van der Waals surface area contributed by atoms with Crippen molar-refractivity contribution in [2.24, 2.45) is 10.2 Å². The van der Waals surface area contributed by atoms with Crippen molar-refractivity contribution >= 4 is 5.70 Å². The molecule has 0 N–H and O–H groups in total. The van der Waals surface area contributed by atoms with Crippen LogP contribution < -0.4 is 4.74 Å². The lowest BCUT2D eigenvalue weighted by molar-refractivity contribution is 0.0469. The average Bonchev–Trinajstić information content (AvgIpc) is 2.67. The molecule has 0 aliphatic carbocycles. The van der Waals surface area contributed by atoms with E-state index in [1.54, 1.807) is 30.3 Å². The van der Waals surface area contributed by atoms with Crippen molar-refractivity contribution in [3.8, 4) is 5.75 Å². The number of benzene rings is 2. The van der Waals surface area contributed by atoms with Gasteiger partial charge in [0.15, 0.2) is 0 Å². The molecule has 0 radical (unpaired) electrons. The lowest BCUT2D eigenvalue weighted by Gasteiger charge is -2.29. The van der Waals surface area contributed by atoms with Crippen LogP contribution in [0.2, 0.25) is 0 Å². The Morgan fingerprint density at radius 3 is 2.44 bits per heavy atom. The van der Waals surface area contributed by atoms with Gasteiger partial charge in [-0.1, -0.05) is 30.3 Å². The summed E-state index contributed by atoms with van der Waals surface area (Å²) in [7, 11) is 1.59. The lowest BCUT2D eigenvalue weighted by Crippen LogP contribution is -2.38. The molecule has 0 fully saturated rings. The van der Waals surface area contributed by atoms with Gasteiger partial charge < -0.3 is 9.64 Å². The maximum absolute atomic E-state index is 13.3. The lowest BCUT2D eigenvalue weighted by atomic mass is 10.1. The molecule has 2 aromatic carbocycles. The Bertz CT molecular complexity index is 745. The zero-order valence-corrected chi connectivity index (χ0v) is 13.8. The molecule has 0 amide bonds. The molecule has 25 heavy (non-hydrogen) atoms. The number of rotatable bonds is 6. The Morgan fingerprint density at radius 1 is 1.08 bits per heavy atom. The van der Waals surface area contributed by atoms with Crippen molar-refractivity contribution in [2.45, 2.75) is 19.0 Å². The highest BCUT2D eigenvalue weighted by Gasteiger charge is 2.28. The van der Waals surface area contributed by atoms with E-state index in [1.165, 1.54) is 0 Å². The number of alkyl halides is 2. The van der Waals surface area contributed by atoms with E-state index >= 15 is 0 Å². The summed E-state index contributed by atoms with van der Waals surface area (Å²) in [5.41, 5.74) is 2.46. The highest BCUT2D eigenvalue weighted by Crippen LogP contribution is 2.27. The standard InChI is InChI=1S/C19H19F2N3O/c1-25-16-9-7-15(8-10-16)17-13-24(19(18(20)21)23-22-17)12-11-14-5-3-2-4-6-14/h2-10,13,18-19H,11-12H2,1H3. The van der Waals surface area contributed by atoms with E-state index in [4.69, 9.17) is 4.74 Å². The number of hydrogen-bond acceptors (Lipinski definition) is 4. The summed E-state index contributed by atoms with van der Waals surface area (Å²) in [5.74, 6) is 0.725. The second kappa shape index (κ2) is 7.88. The third kappa shape index (κ3) is 4.21. The van der Waals surface area contributed by atoms with Gasteiger partial charge in [-0.15, -0.1) is 0 Å². The topological polar surface area (TPSA) is 37.2 Å². The van der Waals surface area contributed by atoms with Crippen molar-refractivity contribution in [1.82, 2.24) is 4.90 Å². The average molecular weight is 343 g/mol. The van der Waals surface area contributed by atoms with Crippen molar-refractivity contribution in [3.05, 3.63) is 71.9 Å². The Labute approximate surface area is 145 Å². The maximum Gasteiger partial charge on any atom is 0.280 e. The largest absolute Gasteiger partial charge is 0.497 e. The molecule has 2 aromatic rings. The fraction of sp³-hybridized carbons (Fsp3) is 0.263. The maximum atomic E-state index is 13.3. The summed E-state index contributed by atoms with van der Waals surface area (Å²) in [6.45, 7) is 0.442. The van der Waals surface area contributed by atoms with Crippen LogP contribution in [0.15, 0.2) is 71.0 Å². The molecule has 0 aromatic heterocycles. The summed E-state index contributed by atoms with van der Waals surface area (Å²) in [4.78, 5) is 1.56. The number of azo groups is 1. The second-order valence-corrected chi connectivity index (χ2v) is 5.68. The molecule has 4 nitrogen and oxygen atoms in total. The first-order valence-electron chi connectivity index (χ1n) is 8.02. The van der Waals surface area contributed by atoms with Crippen LogP contribution in [-0.2, 0) is 6.42 Å². The van der Waals surface area contributed by atoms with Gasteiger partial charge in [0.1, 0.15) is 11.4 Å². The number of ether oxygens (including phenoxy) is 1. The van der Waals surface area contributed by atoms with Crippen molar-refractivity contribution < 1.29 is 13.5 Å². The second-order valence-electron chi connectivity index (χ2n) is 5.68. The van der Waals surface area contributed by atoms with Gasteiger partial charge in [0.05, 0.1) is 7.11 Å². The van der Waals surface area contributed by atoms with Gasteiger partial charge in [-0.25, -0.2) is 8.78 Å². The van der Waals surface area contributed by atoms with E-state index in [0.29, 0.717) is 18.7 Å². The van der Waals surface area contributed by atoms with E-state index in [2.05, 4.69) is 10.2 Å². The number of halogens is 2.